The van der Waals surface area contributed by atoms with Gasteiger partial charge in [0.2, 0.25) is 11.8 Å². The van der Waals surface area contributed by atoms with Crippen LogP contribution in [-0.2, 0) is 19.4 Å². The van der Waals surface area contributed by atoms with Gasteiger partial charge in [0.05, 0.1) is 17.4 Å². The second-order valence-corrected chi connectivity index (χ2v) is 8.68. The molecule has 2 amide bonds. The third-order valence-electron chi connectivity index (χ3n) is 4.16. The summed E-state index contributed by atoms with van der Waals surface area (Å²) in [6.45, 7) is 5.15. The summed E-state index contributed by atoms with van der Waals surface area (Å²) in [5.41, 5.74) is 3.10. The first-order valence-electron chi connectivity index (χ1n) is 8.50. The molecule has 0 heterocycles. The van der Waals surface area contributed by atoms with E-state index in [4.69, 9.17) is 0 Å². The summed E-state index contributed by atoms with van der Waals surface area (Å²) >= 11 is 0. The van der Waals surface area contributed by atoms with Gasteiger partial charge >= 0.3 is 0 Å². The third kappa shape index (κ3) is 5.92. The molecule has 0 unspecified atom stereocenters. The van der Waals surface area contributed by atoms with E-state index >= 15 is 0 Å². The zero-order valence-corrected chi connectivity index (χ0v) is 16.7. The van der Waals surface area contributed by atoms with E-state index in [0.717, 1.165) is 22.9 Å². The molecule has 0 aliphatic heterocycles. The Labute approximate surface area is 159 Å². The number of nitrogens with one attached hydrogen (secondary N) is 2. The number of anilines is 1. The highest BCUT2D eigenvalue weighted by Crippen LogP contribution is 2.22. The molecular formula is C20H24N2O4S. The van der Waals surface area contributed by atoms with Gasteiger partial charge in [-0.1, -0.05) is 35.9 Å². The molecule has 0 aromatic heterocycles. The van der Waals surface area contributed by atoms with Crippen molar-refractivity contribution in [1.82, 2.24) is 5.32 Å². The van der Waals surface area contributed by atoms with Crippen molar-refractivity contribution >= 4 is 27.3 Å². The smallest absolute Gasteiger partial charge is 0.226 e. The van der Waals surface area contributed by atoms with Crippen molar-refractivity contribution in [3.05, 3.63) is 59.2 Å². The Morgan fingerprint density at radius 1 is 1.04 bits per heavy atom. The van der Waals surface area contributed by atoms with E-state index < -0.39 is 15.9 Å². The van der Waals surface area contributed by atoms with E-state index in [1.165, 1.54) is 19.1 Å². The second kappa shape index (κ2) is 8.35. The highest BCUT2D eigenvalue weighted by atomic mass is 32.2. The van der Waals surface area contributed by atoms with Crippen LogP contribution in [0.3, 0.4) is 0 Å². The van der Waals surface area contributed by atoms with Crippen molar-refractivity contribution in [2.45, 2.75) is 38.1 Å². The van der Waals surface area contributed by atoms with Gasteiger partial charge in [0.1, 0.15) is 0 Å². The summed E-state index contributed by atoms with van der Waals surface area (Å²) in [5, 5.41) is 5.54. The van der Waals surface area contributed by atoms with Gasteiger partial charge in [-0.2, -0.15) is 0 Å². The predicted molar refractivity (Wildman–Crippen MR) is 105 cm³/mol. The van der Waals surface area contributed by atoms with Crippen molar-refractivity contribution in [2.75, 3.05) is 11.6 Å². The first kappa shape index (κ1) is 20.6. The second-order valence-electron chi connectivity index (χ2n) is 6.66. The molecule has 1 atom stereocenters. The third-order valence-corrected chi connectivity index (χ3v) is 5.27. The topological polar surface area (TPSA) is 92.3 Å². The zero-order valence-electron chi connectivity index (χ0n) is 15.9. The largest absolute Gasteiger partial charge is 0.349 e. The van der Waals surface area contributed by atoms with Gasteiger partial charge in [0.15, 0.2) is 9.84 Å². The summed E-state index contributed by atoms with van der Waals surface area (Å²) in [5.74, 6) is -0.549. The van der Waals surface area contributed by atoms with Gasteiger partial charge < -0.3 is 10.6 Å². The molecule has 0 saturated heterocycles. The summed E-state index contributed by atoms with van der Waals surface area (Å²) in [6, 6.07) is 11.7. The molecule has 0 aliphatic rings. The van der Waals surface area contributed by atoms with Crippen LogP contribution in [0.1, 0.15) is 36.1 Å². The molecule has 27 heavy (non-hydrogen) atoms. The molecule has 2 rings (SSSR count). The fourth-order valence-electron chi connectivity index (χ4n) is 2.65. The average molecular weight is 388 g/mol. The predicted octanol–water partition coefficient (Wildman–Crippen LogP) is 2.91. The summed E-state index contributed by atoms with van der Waals surface area (Å²) in [4.78, 5) is 24.2. The lowest BCUT2D eigenvalue weighted by atomic mass is 10.0. The Morgan fingerprint density at radius 3 is 2.22 bits per heavy atom. The number of hydrogen-bond acceptors (Lipinski definition) is 4. The van der Waals surface area contributed by atoms with E-state index in [0.29, 0.717) is 5.69 Å². The van der Waals surface area contributed by atoms with Crippen molar-refractivity contribution in [3.63, 3.8) is 0 Å². The molecule has 2 N–H and O–H groups in total. The lowest BCUT2D eigenvalue weighted by Crippen LogP contribution is -2.29. The molecule has 0 radical (unpaired) electrons. The van der Waals surface area contributed by atoms with Gasteiger partial charge in [0.25, 0.3) is 0 Å². The van der Waals surface area contributed by atoms with Crippen LogP contribution < -0.4 is 10.6 Å². The Kier molecular flexibility index (Phi) is 6.38. The van der Waals surface area contributed by atoms with Crippen LogP contribution in [0.4, 0.5) is 5.69 Å². The number of aryl methyl sites for hydroxylation is 2. The summed E-state index contributed by atoms with van der Waals surface area (Å²) in [6.07, 6.45) is 1.15. The van der Waals surface area contributed by atoms with Crippen LogP contribution in [0.25, 0.3) is 0 Å². The molecule has 0 aliphatic carbocycles. The molecule has 7 heteroatoms. The molecule has 0 bridgehead atoms. The van der Waals surface area contributed by atoms with Crippen LogP contribution in [0, 0.1) is 13.8 Å². The summed E-state index contributed by atoms with van der Waals surface area (Å²) < 4.78 is 23.5. The lowest BCUT2D eigenvalue weighted by Gasteiger charge is -2.19. The maximum atomic E-state index is 12.5. The number of rotatable bonds is 6. The molecule has 6 nitrogen and oxygen atoms in total. The maximum absolute atomic E-state index is 12.5. The van der Waals surface area contributed by atoms with Crippen LogP contribution >= 0.6 is 0 Å². The van der Waals surface area contributed by atoms with Crippen molar-refractivity contribution < 1.29 is 18.0 Å². The first-order valence-corrected chi connectivity index (χ1v) is 10.4. The first-order chi connectivity index (χ1) is 12.6. The Morgan fingerprint density at radius 2 is 1.67 bits per heavy atom. The van der Waals surface area contributed by atoms with E-state index in [1.54, 1.807) is 13.0 Å². The minimum Gasteiger partial charge on any atom is -0.349 e. The monoisotopic (exact) mass is 388 g/mol. The van der Waals surface area contributed by atoms with E-state index in [1.807, 2.05) is 31.2 Å². The number of benzene rings is 2. The SMILES string of the molecule is CC(=O)N[C@H](CC(=O)Nc1cc(S(C)(=O)=O)ccc1C)c1ccc(C)cc1. The van der Waals surface area contributed by atoms with Crippen LogP contribution in [0.15, 0.2) is 47.4 Å². The fourth-order valence-corrected chi connectivity index (χ4v) is 3.30. The van der Waals surface area contributed by atoms with Gasteiger partial charge in [-0.25, -0.2) is 8.42 Å². The minimum atomic E-state index is -3.37. The molecule has 0 spiro atoms. The highest BCUT2D eigenvalue weighted by molar-refractivity contribution is 7.90. The number of sulfone groups is 1. The normalized spacial score (nSPS) is 12.3. The van der Waals surface area contributed by atoms with Gasteiger partial charge in [-0.05, 0) is 37.1 Å². The molecule has 0 saturated carbocycles. The van der Waals surface area contributed by atoms with Crippen molar-refractivity contribution in [1.29, 1.82) is 0 Å². The summed E-state index contributed by atoms with van der Waals surface area (Å²) in [7, 11) is -3.37. The Balaban J connectivity index is 2.21. The van der Waals surface area contributed by atoms with Crippen molar-refractivity contribution in [2.24, 2.45) is 0 Å². The zero-order chi connectivity index (χ0) is 20.2. The Hall–Kier alpha value is -2.67. The van der Waals surface area contributed by atoms with Gasteiger partial charge in [-0.3, -0.25) is 9.59 Å². The van der Waals surface area contributed by atoms with Crippen molar-refractivity contribution in [3.8, 4) is 0 Å². The van der Waals surface area contributed by atoms with Gasteiger partial charge in [-0.15, -0.1) is 0 Å². The van der Waals surface area contributed by atoms with Crippen LogP contribution in [0.5, 0.6) is 0 Å². The molecule has 0 fully saturated rings. The standard InChI is InChI=1S/C20H24N2O4S/c1-13-5-8-16(9-6-13)19(21-15(3)23)12-20(24)22-18-11-17(27(4,25)26)10-7-14(18)2/h5-11,19H,12H2,1-4H3,(H,21,23)(H,22,24)/t19-/m1/s1. The highest BCUT2D eigenvalue weighted by Gasteiger charge is 2.18. The number of hydrogen-bond donors (Lipinski definition) is 2. The van der Waals surface area contributed by atoms with Gasteiger partial charge in [0, 0.05) is 18.9 Å². The van der Waals surface area contributed by atoms with Crippen LogP contribution in [-0.4, -0.2) is 26.5 Å². The number of amides is 2. The van der Waals surface area contributed by atoms with E-state index in [9.17, 15) is 18.0 Å². The molecule has 144 valence electrons. The number of carbonyl (C=O) groups is 2. The average Bonchev–Trinajstić information content (AvgIpc) is 2.55. The van der Waals surface area contributed by atoms with E-state index in [2.05, 4.69) is 10.6 Å². The minimum absolute atomic E-state index is 0.0329. The molecule has 2 aromatic carbocycles. The fraction of sp³-hybridized carbons (Fsp3) is 0.300. The quantitative estimate of drug-likeness (QED) is 0.796. The maximum Gasteiger partial charge on any atom is 0.226 e. The van der Waals surface area contributed by atoms with E-state index in [-0.39, 0.29) is 23.1 Å². The Bertz CT molecular complexity index is 950. The molecule has 2 aromatic rings. The lowest BCUT2D eigenvalue weighted by molar-refractivity contribution is -0.120. The molecular weight excluding hydrogens is 364 g/mol. The number of carbonyl (C=O) groups excluding carboxylic acids is 2. The van der Waals surface area contributed by atoms with Crippen LogP contribution in [0.2, 0.25) is 0 Å².